The third kappa shape index (κ3) is 4.77. The molecule has 1 aromatic carbocycles. The van der Waals surface area contributed by atoms with Gasteiger partial charge in [-0.25, -0.2) is 0 Å². The van der Waals surface area contributed by atoms with Gasteiger partial charge in [-0.2, -0.15) is 0 Å². The van der Waals surface area contributed by atoms with Crippen molar-refractivity contribution in [3.8, 4) is 5.75 Å². The van der Waals surface area contributed by atoms with Gasteiger partial charge in [-0.3, -0.25) is 4.79 Å². The fourth-order valence-corrected chi connectivity index (χ4v) is 3.07. The minimum absolute atomic E-state index is 0. The van der Waals surface area contributed by atoms with Crippen LogP contribution in [-0.4, -0.2) is 37.6 Å². The van der Waals surface area contributed by atoms with Crippen LogP contribution in [0.15, 0.2) is 18.2 Å². The molecule has 1 N–H and O–H groups in total. The molecule has 1 aliphatic heterocycles. The molecule has 1 aliphatic rings. The number of nitrogens with one attached hydrogen (secondary N) is 1. The van der Waals surface area contributed by atoms with Crippen LogP contribution in [0.1, 0.15) is 25.3 Å². The number of benzene rings is 1. The van der Waals surface area contributed by atoms with Gasteiger partial charge in [0.2, 0.25) is 5.91 Å². The number of piperidine rings is 1. The summed E-state index contributed by atoms with van der Waals surface area (Å²) < 4.78 is 5.34. The number of nitrogens with zero attached hydrogens (tertiary/aromatic N) is 1. The molecule has 1 aromatic rings. The number of hydrogen-bond donors (Lipinski definition) is 1. The molecule has 1 amide bonds. The molecule has 1 fully saturated rings. The second-order valence-electron chi connectivity index (χ2n) is 5.73. The lowest BCUT2D eigenvalue weighted by molar-refractivity contribution is -0.135. The van der Waals surface area contributed by atoms with Gasteiger partial charge in [-0.05, 0) is 44.5 Å². The van der Waals surface area contributed by atoms with E-state index in [1.54, 1.807) is 18.1 Å². The third-order valence-corrected chi connectivity index (χ3v) is 4.23. The zero-order chi connectivity index (χ0) is 15.4. The maximum Gasteiger partial charge on any atom is 0.225 e. The maximum atomic E-state index is 12.6. The van der Waals surface area contributed by atoms with Crippen molar-refractivity contribution in [1.82, 2.24) is 10.2 Å². The number of ether oxygens (including phenoxy) is 1. The number of halogens is 2. The van der Waals surface area contributed by atoms with E-state index in [9.17, 15) is 4.79 Å². The molecule has 0 saturated carbocycles. The number of carbonyl (C=O) groups excluding carboxylic acids is 1. The molecule has 0 bridgehead atoms. The van der Waals surface area contributed by atoms with Gasteiger partial charge in [0, 0.05) is 36.1 Å². The average Bonchev–Trinajstić information content (AvgIpc) is 2.46. The zero-order valence-electron chi connectivity index (χ0n) is 13.3. The number of methoxy groups -OCH3 is 1. The Kier molecular flexibility index (Phi) is 7.46. The Bertz CT molecular complexity index is 511. The minimum Gasteiger partial charge on any atom is -0.496 e. The van der Waals surface area contributed by atoms with E-state index in [1.165, 1.54) is 0 Å². The summed E-state index contributed by atoms with van der Waals surface area (Å²) in [5.74, 6) is 1.07. The largest absolute Gasteiger partial charge is 0.496 e. The van der Waals surface area contributed by atoms with Gasteiger partial charge in [0.05, 0.1) is 7.11 Å². The number of amides is 1. The summed E-state index contributed by atoms with van der Waals surface area (Å²) in [6.07, 6.45) is 1.80. The molecule has 0 aromatic heterocycles. The van der Waals surface area contributed by atoms with Gasteiger partial charge in [0.1, 0.15) is 5.75 Å². The van der Waals surface area contributed by atoms with Crippen LogP contribution in [0.5, 0.6) is 5.75 Å². The lowest BCUT2D eigenvalue weighted by atomic mass is 9.92. The fraction of sp³-hybridized carbons (Fsp3) is 0.562. The zero-order valence-corrected chi connectivity index (χ0v) is 14.8. The Balaban J connectivity index is 0.00000242. The molecule has 2 rings (SSSR count). The van der Waals surface area contributed by atoms with Crippen LogP contribution in [-0.2, 0) is 11.3 Å². The lowest BCUT2D eigenvalue weighted by Crippen LogP contribution is -2.42. The number of hydrogen-bond acceptors (Lipinski definition) is 3. The Hall–Kier alpha value is -0.970. The molecule has 22 heavy (non-hydrogen) atoms. The van der Waals surface area contributed by atoms with E-state index in [4.69, 9.17) is 16.3 Å². The van der Waals surface area contributed by atoms with Crippen LogP contribution in [0.2, 0.25) is 5.02 Å². The van der Waals surface area contributed by atoms with E-state index < -0.39 is 0 Å². The normalized spacial score (nSPS) is 20.9. The fourth-order valence-electron chi connectivity index (χ4n) is 2.87. The minimum atomic E-state index is 0. The molecule has 2 atom stereocenters. The van der Waals surface area contributed by atoms with Crippen LogP contribution < -0.4 is 10.1 Å². The summed E-state index contributed by atoms with van der Waals surface area (Å²) in [5.41, 5.74) is 0.933. The van der Waals surface area contributed by atoms with Crippen molar-refractivity contribution < 1.29 is 9.53 Å². The molecule has 0 aliphatic carbocycles. The SMILES string of the molecule is COc1ccc(Cl)cc1CN(C)C(=O)[C@H]1CCN[C@@H](C)C1.Cl. The predicted octanol–water partition coefficient (Wildman–Crippen LogP) is 3.12. The first kappa shape index (κ1) is 19.1. The Morgan fingerprint density at radius 2 is 2.23 bits per heavy atom. The van der Waals surface area contributed by atoms with Gasteiger partial charge in [-0.15, -0.1) is 12.4 Å². The summed E-state index contributed by atoms with van der Waals surface area (Å²) in [4.78, 5) is 14.3. The second-order valence-corrected chi connectivity index (χ2v) is 6.16. The molecular formula is C16H24Cl2N2O2. The first-order chi connectivity index (χ1) is 10.0. The summed E-state index contributed by atoms with van der Waals surface area (Å²) in [6.45, 7) is 3.55. The monoisotopic (exact) mass is 346 g/mol. The molecular weight excluding hydrogens is 323 g/mol. The Labute approximate surface area is 143 Å². The van der Waals surface area contributed by atoms with Crippen molar-refractivity contribution in [2.24, 2.45) is 5.92 Å². The highest BCUT2D eigenvalue weighted by atomic mass is 35.5. The highest BCUT2D eigenvalue weighted by molar-refractivity contribution is 6.30. The first-order valence-electron chi connectivity index (χ1n) is 7.32. The Morgan fingerprint density at radius 3 is 2.86 bits per heavy atom. The summed E-state index contributed by atoms with van der Waals surface area (Å²) in [5, 5.41) is 4.03. The average molecular weight is 347 g/mol. The molecule has 4 nitrogen and oxygen atoms in total. The van der Waals surface area contributed by atoms with Crippen molar-refractivity contribution in [1.29, 1.82) is 0 Å². The van der Waals surface area contributed by atoms with Crippen molar-refractivity contribution in [3.63, 3.8) is 0 Å². The van der Waals surface area contributed by atoms with E-state index in [-0.39, 0.29) is 24.2 Å². The van der Waals surface area contributed by atoms with Crippen molar-refractivity contribution in [2.75, 3.05) is 20.7 Å². The van der Waals surface area contributed by atoms with Crippen LogP contribution in [0, 0.1) is 5.92 Å². The standard InChI is InChI=1S/C16H23ClN2O2.ClH/c1-11-8-12(6-7-18-11)16(20)19(2)10-13-9-14(17)4-5-15(13)21-3;/h4-5,9,11-12,18H,6-8,10H2,1-3H3;1H/t11-,12-;/m0./s1. The third-order valence-electron chi connectivity index (χ3n) is 4.00. The molecule has 124 valence electrons. The molecule has 6 heteroatoms. The van der Waals surface area contributed by atoms with Gasteiger partial charge >= 0.3 is 0 Å². The van der Waals surface area contributed by atoms with Gasteiger partial charge < -0.3 is 15.0 Å². The summed E-state index contributed by atoms with van der Waals surface area (Å²) >= 11 is 6.04. The first-order valence-corrected chi connectivity index (χ1v) is 7.70. The summed E-state index contributed by atoms with van der Waals surface area (Å²) in [6, 6.07) is 5.89. The lowest BCUT2D eigenvalue weighted by Gasteiger charge is -2.30. The van der Waals surface area contributed by atoms with Crippen LogP contribution in [0.4, 0.5) is 0 Å². The van der Waals surface area contributed by atoms with E-state index in [0.717, 1.165) is 30.7 Å². The van der Waals surface area contributed by atoms with Crippen LogP contribution in [0.25, 0.3) is 0 Å². The number of rotatable bonds is 4. The van der Waals surface area contributed by atoms with Crippen molar-refractivity contribution in [3.05, 3.63) is 28.8 Å². The highest BCUT2D eigenvalue weighted by Gasteiger charge is 2.27. The molecule has 0 spiro atoms. The molecule has 0 radical (unpaired) electrons. The van der Waals surface area contributed by atoms with E-state index >= 15 is 0 Å². The van der Waals surface area contributed by atoms with Gasteiger partial charge in [-0.1, -0.05) is 11.6 Å². The van der Waals surface area contributed by atoms with Crippen LogP contribution >= 0.6 is 24.0 Å². The van der Waals surface area contributed by atoms with Gasteiger partial charge in [0.15, 0.2) is 0 Å². The van der Waals surface area contributed by atoms with E-state index in [0.29, 0.717) is 17.6 Å². The van der Waals surface area contributed by atoms with E-state index in [2.05, 4.69) is 12.2 Å². The quantitative estimate of drug-likeness (QED) is 0.910. The Morgan fingerprint density at radius 1 is 1.50 bits per heavy atom. The predicted molar refractivity (Wildman–Crippen MR) is 91.9 cm³/mol. The maximum absolute atomic E-state index is 12.6. The van der Waals surface area contributed by atoms with Crippen molar-refractivity contribution >= 4 is 29.9 Å². The number of carbonyl (C=O) groups is 1. The second kappa shape index (κ2) is 8.61. The highest BCUT2D eigenvalue weighted by Crippen LogP contribution is 2.25. The van der Waals surface area contributed by atoms with Crippen LogP contribution in [0.3, 0.4) is 0 Å². The topological polar surface area (TPSA) is 41.6 Å². The van der Waals surface area contributed by atoms with Crippen molar-refractivity contribution in [2.45, 2.75) is 32.4 Å². The molecule has 1 heterocycles. The molecule has 1 saturated heterocycles. The van der Waals surface area contributed by atoms with E-state index in [1.807, 2.05) is 19.2 Å². The summed E-state index contributed by atoms with van der Waals surface area (Å²) in [7, 11) is 3.47. The van der Waals surface area contributed by atoms with Gasteiger partial charge in [0.25, 0.3) is 0 Å². The molecule has 0 unspecified atom stereocenters. The smallest absolute Gasteiger partial charge is 0.225 e.